The van der Waals surface area contributed by atoms with Gasteiger partial charge in [-0.25, -0.2) is 17.5 Å². The van der Waals surface area contributed by atoms with E-state index in [1.165, 1.54) is 24.3 Å². The molecule has 0 aliphatic heterocycles. The molecule has 0 aliphatic carbocycles. The number of halogens is 1. The van der Waals surface area contributed by atoms with Gasteiger partial charge in [0.1, 0.15) is 5.82 Å². The SMILES string of the molecule is CC(C)c1cc(F)cc(C(C)C)c1CC(=O)NS(=O)(=O)c1ccccc1. The van der Waals surface area contributed by atoms with Gasteiger partial charge in [-0.3, -0.25) is 4.79 Å². The van der Waals surface area contributed by atoms with Crippen LogP contribution in [0, 0.1) is 5.82 Å². The van der Waals surface area contributed by atoms with E-state index in [-0.39, 0.29) is 29.0 Å². The average molecular weight is 377 g/mol. The van der Waals surface area contributed by atoms with Crippen LogP contribution in [0.15, 0.2) is 47.4 Å². The standard InChI is InChI=1S/C20H24FNO3S/c1-13(2)17-10-15(21)11-18(14(3)4)19(17)12-20(23)22-26(24,25)16-8-6-5-7-9-16/h5-11,13-14H,12H2,1-4H3,(H,22,23). The lowest BCUT2D eigenvalue weighted by Crippen LogP contribution is -2.32. The van der Waals surface area contributed by atoms with E-state index < -0.39 is 15.9 Å². The summed E-state index contributed by atoms with van der Waals surface area (Å²) >= 11 is 0. The molecule has 2 aromatic carbocycles. The Morgan fingerprint density at radius 2 is 1.50 bits per heavy atom. The van der Waals surface area contributed by atoms with Crippen LogP contribution in [-0.4, -0.2) is 14.3 Å². The summed E-state index contributed by atoms with van der Waals surface area (Å²) in [5, 5.41) is 0. The Hall–Kier alpha value is -2.21. The molecule has 1 N–H and O–H groups in total. The van der Waals surface area contributed by atoms with Crippen LogP contribution < -0.4 is 4.72 Å². The summed E-state index contributed by atoms with van der Waals surface area (Å²) in [5.41, 5.74) is 2.14. The van der Waals surface area contributed by atoms with Crippen LogP contribution in [0.2, 0.25) is 0 Å². The Kier molecular flexibility index (Phi) is 6.18. The van der Waals surface area contributed by atoms with Crippen LogP contribution in [0.5, 0.6) is 0 Å². The van der Waals surface area contributed by atoms with Crippen LogP contribution in [0.4, 0.5) is 4.39 Å². The Morgan fingerprint density at radius 1 is 1.00 bits per heavy atom. The normalized spacial score (nSPS) is 11.8. The molecule has 26 heavy (non-hydrogen) atoms. The fraction of sp³-hybridized carbons (Fsp3) is 0.350. The molecule has 0 saturated heterocycles. The maximum Gasteiger partial charge on any atom is 0.264 e. The average Bonchev–Trinajstić information content (AvgIpc) is 2.56. The van der Waals surface area contributed by atoms with Crippen LogP contribution in [0.25, 0.3) is 0 Å². The first-order valence-electron chi connectivity index (χ1n) is 8.54. The molecule has 0 heterocycles. The largest absolute Gasteiger partial charge is 0.274 e. The third-order valence-electron chi connectivity index (χ3n) is 4.17. The van der Waals surface area contributed by atoms with Gasteiger partial charge in [0, 0.05) is 0 Å². The number of hydrogen-bond donors (Lipinski definition) is 1. The summed E-state index contributed by atoms with van der Waals surface area (Å²) in [6.07, 6.45) is -0.118. The summed E-state index contributed by atoms with van der Waals surface area (Å²) in [6, 6.07) is 10.6. The second-order valence-electron chi connectivity index (χ2n) is 6.89. The Balaban J connectivity index is 2.34. The van der Waals surface area contributed by atoms with Crippen molar-refractivity contribution in [1.29, 1.82) is 0 Å². The third kappa shape index (κ3) is 4.69. The lowest BCUT2D eigenvalue weighted by molar-refractivity contribution is -0.118. The second-order valence-corrected chi connectivity index (χ2v) is 8.57. The molecule has 2 rings (SSSR count). The highest BCUT2D eigenvalue weighted by atomic mass is 32.2. The van der Waals surface area contributed by atoms with Crippen LogP contribution in [0.3, 0.4) is 0 Å². The van der Waals surface area contributed by atoms with E-state index in [1.54, 1.807) is 18.2 Å². The first-order chi connectivity index (χ1) is 12.1. The predicted molar refractivity (Wildman–Crippen MR) is 100 cm³/mol. The molecule has 0 aromatic heterocycles. The van der Waals surface area contributed by atoms with Gasteiger partial charge in [-0.1, -0.05) is 45.9 Å². The van der Waals surface area contributed by atoms with Crippen LogP contribution >= 0.6 is 0 Å². The molecule has 2 aromatic rings. The minimum absolute atomic E-state index is 0.0109. The van der Waals surface area contributed by atoms with Gasteiger partial charge in [-0.2, -0.15) is 0 Å². The molecular formula is C20H24FNO3S. The highest BCUT2D eigenvalue weighted by molar-refractivity contribution is 7.90. The molecule has 1 amide bonds. The Morgan fingerprint density at radius 3 is 1.96 bits per heavy atom. The molecule has 0 saturated carbocycles. The van der Waals surface area contributed by atoms with Crippen molar-refractivity contribution in [2.75, 3.05) is 0 Å². The summed E-state index contributed by atoms with van der Waals surface area (Å²) in [4.78, 5) is 12.5. The molecule has 0 fully saturated rings. The van der Waals surface area contributed by atoms with Gasteiger partial charge < -0.3 is 0 Å². The van der Waals surface area contributed by atoms with Crippen molar-refractivity contribution in [3.8, 4) is 0 Å². The smallest absolute Gasteiger partial charge is 0.264 e. The summed E-state index contributed by atoms with van der Waals surface area (Å²) in [6.45, 7) is 7.67. The minimum Gasteiger partial charge on any atom is -0.274 e. The van der Waals surface area contributed by atoms with Gasteiger partial charge >= 0.3 is 0 Å². The quantitative estimate of drug-likeness (QED) is 0.824. The maximum atomic E-state index is 14.0. The van der Waals surface area contributed by atoms with Gasteiger partial charge in [0.25, 0.3) is 10.0 Å². The summed E-state index contributed by atoms with van der Waals surface area (Å²) < 4.78 is 40.7. The molecule has 0 spiro atoms. The zero-order chi connectivity index (χ0) is 19.5. The number of sulfonamides is 1. The monoisotopic (exact) mass is 377 g/mol. The lowest BCUT2D eigenvalue weighted by Gasteiger charge is -2.20. The molecule has 4 nitrogen and oxygen atoms in total. The molecular weight excluding hydrogens is 353 g/mol. The van der Waals surface area contributed by atoms with Gasteiger partial charge in [0.15, 0.2) is 0 Å². The number of amides is 1. The Labute approximate surface area is 154 Å². The van der Waals surface area contributed by atoms with Crippen LogP contribution in [-0.2, 0) is 21.2 Å². The number of benzene rings is 2. The van der Waals surface area contributed by atoms with E-state index in [4.69, 9.17) is 0 Å². The molecule has 0 bridgehead atoms. The summed E-state index contributed by atoms with van der Waals surface area (Å²) in [5.74, 6) is -0.962. The maximum absolute atomic E-state index is 14.0. The number of rotatable bonds is 6. The topological polar surface area (TPSA) is 63.2 Å². The first-order valence-corrected chi connectivity index (χ1v) is 10.0. The molecule has 0 radical (unpaired) electrons. The number of nitrogens with one attached hydrogen (secondary N) is 1. The second kappa shape index (κ2) is 7.99. The van der Waals surface area contributed by atoms with Crippen molar-refractivity contribution in [2.45, 2.75) is 50.8 Å². The van der Waals surface area contributed by atoms with E-state index >= 15 is 0 Å². The van der Waals surface area contributed by atoms with E-state index in [0.717, 1.165) is 11.1 Å². The van der Waals surface area contributed by atoms with E-state index in [2.05, 4.69) is 4.72 Å². The number of carbonyl (C=O) groups excluding carboxylic acids is 1. The lowest BCUT2D eigenvalue weighted by atomic mass is 9.87. The van der Waals surface area contributed by atoms with Crippen molar-refractivity contribution in [3.63, 3.8) is 0 Å². The molecule has 0 aliphatic rings. The molecule has 0 atom stereocenters. The predicted octanol–water partition coefficient (Wildman–Crippen LogP) is 4.12. The fourth-order valence-electron chi connectivity index (χ4n) is 2.92. The van der Waals surface area contributed by atoms with Crippen molar-refractivity contribution < 1.29 is 17.6 Å². The highest BCUT2D eigenvalue weighted by Gasteiger charge is 2.22. The van der Waals surface area contributed by atoms with E-state index in [0.29, 0.717) is 5.56 Å². The van der Waals surface area contributed by atoms with E-state index in [9.17, 15) is 17.6 Å². The van der Waals surface area contributed by atoms with Crippen molar-refractivity contribution >= 4 is 15.9 Å². The molecule has 140 valence electrons. The zero-order valence-electron chi connectivity index (χ0n) is 15.4. The van der Waals surface area contributed by atoms with Gasteiger partial charge in [-0.05, 0) is 52.8 Å². The Bertz CT molecular complexity index is 862. The molecule has 0 unspecified atom stereocenters. The zero-order valence-corrected chi connectivity index (χ0v) is 16.2. The van der Waals surface area contributed by atoms with Crippen LogP contribution in [0.1, 0.15) is 56.2 Å². The number of carbonyl (C=O) groups is 1. The van der Waals surface area contributed by atoms with Crippen molar-refractivity contribution in [3.05, 3.63) is 65.0 Å². The first kappa shape index (κ1) is 20.1. The van der Waals surface area contributed by atoms with Crippen molar-refractivity contribution in [2.24, 2.45) is 0 Å². The van der Waals surface area contributed by atoms with Gasteiger partial charge in [-0.15, -0.1) is 0 Å². The molecule has 6 heteroatoms. The van der Waals surface area contributed by atoms with Gasteiger partial charge in [0.05, 0.1) is 11.3 Å². The summed E-state index contributed by atoms with van der Waals surface area (Å²) in [7, 11) is -3.93. The number of hydrogen-bond acceptors (Lipinski definition) is 3. The van der Waals surface area contributed by atoms with Gasteiger partial charge in [0.2, 0.25) is 5.91 Å². The fourth-order valence-corrected chi connectivity index (χ4v) is 3.92. The minimum atomic E-state index is -3.93. The third-order valence-corrected chi connectivity index (χ3v) is 5.56. The van der Waals surface area contributed by atoms with E-state index in [1.807, 2.05) is 27.7 Å². The van der Waals surface area contributed by atoms with Crippen molar-refractivity contribution in [1.82, 2.24) is 4.72 Å². The highest BCUT2D eigenvalue weighted by Crippen LogP contribution is 2.29.